The van der Waals surface area contributed by atoms with E-state index in [2.05, 4.69) is 20.3 Å². The van der Waals surface area contributed by atoms with Crippen molar-refractivity contribution in [1.29, 1.82) is 0 Å². The van der Waals surface area contributed by atoms with Gasteiger partial charge in [0.25, 0.3) is 15.9 Å². The molecule has 1 aliphatic carbocycles. The molecule has 5 rings (SSSR count). The van der Waals surface area contributed by atoms with Crippen LogP contribution in [0.5, 0.6) is 0 Å². The van der Waals surface area contributed by atoms with E-state index < -0.39 is 43.6 Å². The van der Waals surface area contributed by atoms with Crippen molar-refractivity contribution in [2.75, 3.05) is 30.2 Å². The minimum atomic E-state index is -4.48. The highest BCUT2D eigenvalue weighted by Crippen LogP contribution is 2.52. The zero-order valence-corrected chi connectivity index (χ0v) is 21.0. The molecule has 0 aromatic heterocycles. The number of benzene rings is 2. The Balaban J connectivity index is 1.50. The highest BCUT2D eigenvalue weighted by Gasteiger charge is 2.52. The molecule has 0 unspecified atom stereocenters. The zero-order valence-electron chi connectivity index (χ0n) is 20.1. The molecule has 2 fully saturated rings. The molecule has 2 aromatic rings. The minimum absolute atomic E-state index is 0.0109. The van der Waals surface area contributed by atoms with Crippen LogP contribution < -0.4 is 15.4 Å². The van der Waals surface area contributed by atoms with Crippen LogP contribution in [0.2, 0.25) is 0 Å². The topological polar surface area (TPSA) is 145 Å². The Labute approximate surface area is 213 Å². The fourth-order valence-electron chi connectivity index (χ4n) is 5.25. The second kappa shape index (κ2) is 9.10. The number of likely N-dealkylation sites (tertiary alicyclic amines) is 1. The maximum absolute atomic E-state index is 14.6. The van der Waals surface area contributed by atoms with Crippen molar-refractivity contribution >= 4 is 39.2 Å². The third kappa shape index (κ3) is 4.44. The molecular weight excluding hydrogens is 503 g/mol. The van der Waals surface area contributed by atoms with Gasteiger partial charge in [-0.15, -0.1) is 0 Å². The van der Waals surface area contributed by atoms with Gasteiger partial charge < -0.3 is 20.6 Å². The van der Waals surface area contributed by atoms with E-state index in [1.165, 1.54) is 12.1 Å². The fraction of sp³-hybridized carbons (Fsp3) is 0.400. The smallest absolute Gasteiger partial charge is 0.335 e. The molecule has 12 heteroatoms. The number of anilines is 2. The van der Waals surface area contributed by atoms with Crippen molar-refractivity contribution in [3.05, 3.63) is 52.8 Å². The summed E-state index contributed by atoms with van der Waals surface area (Å²) >= 11 is 0. The van der Waals surface area contributed by atoms with E-state index in [0.29, 0.717) is 30.2 Å². The van der Waals surface area contributed by atoms with Gasteiger partial charge >= 0.3 is 5.97 Å². The normalized spacial score (nSPS) is 19.1. The Hall–Kier alpha value is -3.51. The Bertz CT molecular complexity index is 1410. The summed E-state index contributed by atoms with van der Waals surface area (Å²) in [5.74, 6) is -3.27. The number of nitrogens with one attached hydrogen (secondary N) is 3. The van der Waals surface area contributed by atoms with Gasteiger partial charge in [0.15, 0.2) is 0 Å². The second-order valence-corrected chi connectivity index (χ2v) is 11.6. The largest absolute Gasteiger partial charge is 0.478 e. The summed E-state index contributed by atoms with van der Waals surface area (Å²) < 4.78 is 43.0. The van der Waals surface area contributed by atoms with Crippen molar-refractivity contribution < 1.29 is 32.3 Å². The summed E-state index contributed by atoms with van der Waals surface area (Å²) in [5, 5.41) is 14.9. The number of hydrogen-bond donors (Lipinski definition) is 4. The quantitative estimate of drug-likeness (QED) is 0.449. The van der Waals surface area contributed by atoms with Gasteiger partial charge in [-0.05, 0) is 81.7 Å². The SMILES string of the molecule is CN1CCC(NC(=O)c2cc(NS(=O)(=O)c3ccc(C(=O)O)cc3F)cc3c2NC(=O)C32CCC2)CC1. The molecule has 1 spiro atoms. The first-order chi connectivity index (χ1) is 17.5. The maximum Gasteiger partial charge on any atom is 0.335 e. The van der Waals surface area contributed by atoms with Gasteiger partial charge in [-0.1, -0.05) is 6.42 Å². The third-order valence-corrected chi connectivity index (χ3v) is 8.97. The lowest BCUT2D eigenvalue weighted by Crippen LogP contribution is -2.43. The van der Waals surface area contributed by atoms with Crippen LogP contribution in [0.25, 0.3) is 0 Å². The first-order valence-electron chi connectivity index (χ1n) is 12.1. The number of amides is 2. The molecule has 1 saturated carbocycles. The number of aromatic carboxylic acids is 1. The van der Waals surface area contributed by atoms with Crippen molar-refractivity contribution in [1.82, 2.24) is 10.2 Å². The van der Waals surface area contributed by atoms with Gasteiger partial charge in [-0.25, -0.2) is 17.6 Å². The van der Waals surface area contributed by atoms with E-state index in [1.807, 2.05) is 7.05 Å². The standard InChI is InChI=1S/C25H27FN4O6S/c1-30-9-5-15(6-10-30)27-22(31)17-12-16(13-18-21(17)28-24(34)25(18)7-2-8-25)29-37(35,36)20-4-3-14(23(32)33)11-19(20)26/h3-4,11-13,15,29H,2,5-10H2,1H3,(H,27,31)(H,28,34)(H,32,33). The van der Waals surface area contributed by atoms with Crippen molar-refractivity contribution in [3.8, 4) is 0 Å². The fourth-order valence-corrected chi connectivity index (χ4v) is 6.35. The number of carbonyl (C=O) groups excluding carboxylic acids is 2. The number of hydrogen-bond acceptors (Lipinski definition) is 6. The minimum Gasteiger partial charge on any atom is -0.478 e. The molecule has 0 bridgehead atoms. The Kier molecular flexibility index (Phi) is 6.19. The Morgan fingerprint density at radius 1 is 1.16 bits per heavy atom. The lowest BCUT2D eigenvalue weighted by molar-refractivity contribution is -0.123. The van der Waals surface area contributed by atoms with Gasteiger partial charge in [0, 0.05) is 6.04 Å². The molecular formula is C25H27FN4O6S. The van der Waals surface area contributed by atoms with E-state index in [-0.39, 0.29) is 23.2 Å². The van der Waals surface area contributed by atoms with E-state index >= 15 is 0 Å². The summed E-state index contributed by atoms with van der Waals surface area (Å²) in [6, 6.07) is 5.29. The number of carboxylic acid groups (broad SMARTS) is 1. The number of halogens is 1. The summed E-state index contributed by atoms with van der Waals surface area (Å²) in [6.45, 7) is 1.66. The summed E-state index contributed by atoms with van der Waals surface area (Å²) in [6.07, 6.45) is 3.49. The molecule has 196 valence electrons. The number of carboxylic acids is 1. The van der Waals surface area contributed by atoms with Crippen LogP contribution in [0.1, 0.15) is 58.4 Å². The van der Waals surface area contributed by atoms with Crippen LogP contribution in [0.3, 0.4) is 0 Å². The van der Waals surface area contributed by atoms with Crippen molar-refractivity contribution in [2.45, 2.75) is 48.5 Å². The number of carbonyl (C=O) groups is 3. The van der Waals surface area contributed by atoms with Gasteiger partial charge in [-0.2, -0.15) is 0 Å². The molecule has 10 nitrogen and oxygen atoms in total. The lowest BCUT2D eigenvalue weighted by Gasteiger charge is -2.36. The highest BCUT2D eigenvalue weighted by atomic mass is 32.2. The molecule has 2 amide bonds. The van der Waals surface area contributed by atoms with Crippen molar-refractivity contribution in [3.63, 3.8) is 0 Å². The first-order valence-corrected chi connectivity index (χ1v) is 13.5. The van der Waals surface area contributed by atoms with Gasteiger partial charge in [0.05, 0.1) is 27.9 Å². The number of fused-ring (bicyclic) bond motifs is 2. The van der Waals surface area contributed by atoms with Crippen LogP contribution in [-0.4, -0.2) is 62.4 Å². The predicted octanol–water partition coefficient (Wildman–Crippen LogP) is 2.52. The number of sulfonamides is 1. The van der Waals surface area contributed by atoms with E-state index in [9.17, 15) is 27.2 Å². The van der Waals surface area contributed by atoms with Crippen LogP contribution in [0, 0.1) is 5.82 Å². The molecule has 2 heterocycles. The molecule has 1 saturated heterocycles. The maximum atomic E-state index is 14.6. The number of nitrogens with zero attached hydrogens (tertiary/aromatic N) is 1. The van der Waals surface area contributed by atoms with Crippen LogP contribution in [-0.2, 0) is 20.2 Å². The van der Waals surface area contributed by atoms with E-state index in [1.54, 1.807) is 0 Å². The monoisotopic (exact) mass is 530 g/mol. The molecule has 3 aliphatic rings. The third-order valence-electron chi connectivity index (χ3n) is 7.55. The van der Waals surface area contributed by atoms with Crippen LogP contribution >= 0.6 is 0 Å². The van der Waals surface area contributed by atoms with Crippen molar-refractivity contribution in [2.24, 2.45) is 0 Å². The Morgan fingerprint density at radius 3 is 2.46 bits per heavy atom. The van der Waals surface area contributed by atoms with Crippen LogP contribution in [0.4, 0.5) is 15.8 Å². The number of piperidine rings is 1. The molecule has 2 aromatic carbocycles. The second-order valence-electron chi connectivity index (χ2n) is 9.94. The first kappa shape index (κ1) is 25.2. The van der Waals surface area contributed by atoms with Crippen LogP contribution in [0.15, 0.2) is 35.2 Å². The predicted molar refractivity (Wildman–Crippen MR) is 133 cm³/mol. The molecule has 4 N–H and O–H groups in total. The van der Waals surface area contributed by atoms with Gasteiger partial charge in [-0.3, -0.25) is 14.3 Å². The zero-order chi connectivity index (χ0) is 26.5. The molecule has 0 atom stereocenters. The number of rotatable bonds is 6. The summed E-state index contributed by atoms with van der Waals surface area (Å²) in [7, 11) is -2.47. The molecule has 2 aliphatic heterocycles. The van der Waals surface area contributed by atoms with Gasteiger partial charge in [0.1, 0.15) is 10.7 Å². The average Bonchev–Trinajstić information content (AvgIpc) is 3.11. The van der Waals surface area contributed by atoms with Gasteiger partial charge in [0.2, 0.25) is 5.91 Å². The van der Waals surface area contributed by atoms with E-state index in [0.717, 1.165) is 44.5 Å². The molecule has 37 heavy (non-hydrogen) atoms. The molecule has 0 radical (unpaired) electrons. The summed E-state index contributed by atoms with van der Waals surface area (Å²) in [5.41, 5.74) is -0.161. The lowest BCUT2D eigenvalue weighted by atomic mass is 9.65. The Morgan fingerprint density at radius 2 is 1.86 bits per heavy atom. The summed E-state index contributed by atoms with van der Waals surface area (Å²) in [4.78, 5) is 38.8. The van der Waals surface area contributed by atoms with E-state index in [4.69, 9.17) is 5.11 Å². The average molecular weight is 531 g/mol. The highest BCUT2D eigenvalue weighted by molar-refractivity contribution is 7.92.